The summed E-state index contributed by atoms with van der Waals surface area (Å²) in [6, 6.07) is 14.8. The van der Waals surface area contributed by atoms with Crippen LogP contribution in [0.5, 0.6) is 11.5 Å². The van der Waals surface area contributed by atoms with Crippen molar-refractivity contribution in [2.45, 2.75) is 33.7 Å². The number of nitrogens with zero attached hydrogens (tertiary/aromatic N) is 1. The summed E-state index contributed by atoms with van der Waals surface area (Å²) in [6.07, 6.45) is 0. The lowest BCUT2D eigenvalue weighted by Gasteiger charge is -2.24. The molecule has 176 valence electrons. The van der Waals surface area contributed by atoms with Crippen LogP contribution < -0.4 is 14.4 Å². The number of aliphatic hydroxyl groups excluding tert-OH is 1. The molecule has 0 bridgehead atoms. The topological polar surface area (TPSA) is 89.2 Å². The number of hydrogen-bond acceptors (Lipinski definition) is 6. The van der Waals surface area contributed by atoms with Crippen LogP contribution in [-0.4, -0.2) is 30.0 Å². The fourth-order valence-electron chi connectivity index (χ4n) is 4.12. The van der Waals surface area contributed by atoms with Crippen molar-refractivity contribution in [3.05, 3.63) is 82.8 Å². The van der Waals surface area contributed by atoms with Gasteiger partial charge in [-0.2, -0.15) is 0 Å². The molecule has 0 saturated carbocycles. The van der Waals surface area contributed by atoms with Crippen LogP contribution in [0.4, 0.5) is 5.69 Å². The van der Waals surface area contributed by atoms with E-state index in [4.69, 9.17) is 13.9 Å². The fourth-order valence-corrected chi connectivity index (χ4v) is 4.12. The van der Waals surface area contributed by atoms with Crippen molar-refractivity contribution in [1.82, 2.24) is 0 Å². The minimum atomic E-state index is -0.934. The van der Waals surface area contributed by atoms with Gasteiger partial charge in [-0.05, 0) is 69.7 Å². The summed E-state index contributed by atoms with van der Waals surface area (Å²) in [5, 5.41) is 11.4. The summed E-state index contributed by atoms with van der Waals surface area (Å²) >= 11 is 0. The molecule has 0 radical (unpaired) electrons. The Morgan fingerprint density at radius 3 is 2.41 bits per heavy atom. The molecule has 2 aromatic carbocycles. The van der Waals surface area contributed by atoms with Gasteiger partial charge in [0.05, 0.1) is 24.4 Å². The lowest BCUT2D eigenvalue weighted by molar-refractivity contribution is -0.132. The molecular weight excluding hydrogens is 434 g/mol. The largest absolute Gasteiger partial charge is 0.507 e. The van der Waals surface area contributed by atoms with Gasteiger partial charge in [-0.1, -0.05) is 12.1 Å². The minimum Gasteiger partial charge on any atom is -0.507 e. The lowest BCUT2D eigenvalue weighted by atomic mass is 9.98. The minimum absolute atomic E-state index is 0.0639. The Kier molecular flexibility index (Phi) is 6.45. The van der Waals surface area contributed by atoms with Crippen LogP contribution in [0.2, 0.25) is 0 Å². The van der Waals surface area contributed by atoms with E-state index in [2.05, 4.69) is 0 Å². The first-order valence-electron chi connectivity index (χ1n) is 11.2. The van der Waals surface area contributed by atoms with Gasteiger partial charge in [0, 0.05) is 11.8 Å². The molecule has 1 atom stereocenters. The van der Waals surface area contributed by atoms with Gasteiger partial charge in [0.15, 0.2) is 0 Å². The van der Waals surface area contributed by atoms with E-state index in [9.17, 15) is 14.7 Å². The van der Waals surface area contributed by atoms with Crippen molar-refractivity contribution in [3.8, 4) is 11.5 Å². The molecule has 1 aliphatic rings. The van der Waals surface area contributed by atoms with E-state index in [1.807, 2.05) is 39.0 Å². The van der Waals surface area contributed by atoms with Crippen LogP contribution in [0.3, 0.4) is 0 Å². The maximum Gasteiger partial charge on any atom is 0.300 e. The highest BCUT2D eigenvalue weighted by Crippen LogP contribution is 2.44. The predicted octanol–water partition coefficient (Wildman–Crippen LogP) is 5.32. The molecule has 2 heterocycles. The zero-order chi connectivity index (χ0) is 24.4. The van der Waals surface area contributed by atoms with Gasteiger partial charge in [0.2, 0.25) is 0 Å². The number of amides is 1. The SMILES string of the molecule is CCOc1ccc(/C(O)=C2/C(=O)C(=O)N(c3cccc(C)c3)C2c2ccc(C)o2)c(OCC)c1. The predicted molar refractivity (Wildman–Crippen MR) is 128 cm³/mol. The molecule has 7 heteroatoms. The standard InChI is InChI=1S/C27H27NO6/c1-5-32-19-11-12-20(22(15-19)33-6-2)25(29)23-24(21-13-10-17(4)34-21)28(27(31)26(23)30)18-9-7-8-16(3)14-18/h7-15,24,29H,5-6H2,1-4H3/b25-23-. The van der Waals surface area contributed by atoms with Crippen molar-refractivity contribution < 1.29 is 28.6 Å². The van der Waals surface area contributed by atoms with E-state index in [1.165, 1.54) is 4.90 Å². The molecule has 1 N–H and O–H groups in total. The van der Waals surface area contributed by atoms with E-state index in [0.717, 1.165) is 5.56 Å². The third-order valence-corrected chi connectivity index (χ3v) is 5.57. The van der Waals surface area contributed by atoms with Crippen molar-refractivity contribution in [2.24, 2.45) is 0 Å². The van der Waals surface area contributed by atoms with Crippen LogP contribution in [0.1, 0.15) is 42.5 Å². The Hall–Kier alpha value is -4.00. The van der Waals surface area contributed by atoms with Crippen LogP contribution in [0.25, 0.3) is 5.76 Å². The molecule has 1 saturated heterocycles. The van der Waals surface area contributed by atoms with Gasteiger partial charge in [0.1, 0.15) is 34.8 Å². The van der Waals surface area contributed by atoms with Crippen LogP contribution >= 0.6 is 0 Å². The Morgan fingerprint density at radius 1 is 1.00 bits per heavy atom. The zero-order valence-corrected chi connectivity index (χ0v) is 19.6. The lowest BCUT2D eigenvalue weighted by Crippen LogP contribution is -2.29. The molecule has 0 aliphatic carbocycles. The number of carbonyl (C=O) groups is 2. The van der Waals surface area contributed by atoms with Crippen LogP contribution in [-0.2, 0) is 9.59 Å². The first-order chi connectivity index (χ1) is 16.3. The molecule has 1 amide bonds. The summed E-state index contributed by atoms with van der Waals surface area (Å²) in [7, 11) is 0. The fraction of sp³-hybridized carbons (Fsp3) is 0.259. The van der Waals surface area contributed by atoms with Gasteiger partial charge < -0.3 is 19.0 Å². The highest BCUT2D eigenvalue weighted by atomic mass is 16.5. The van der Waals surface area contributed by atoms with Crippen LogP contribution in [0.15, 0.2) is 64.6 Å². The first kappa shape index (κ1) is 23.2. The molecule has 3 aromatic rings. The highest BCUT2D eigenvalue weighted by molar-refractivity contribution is 6.51. The number of Topliss-reactive ketones (excluding diaryl/α,β-unsaturated/α-hetero) is 1. The number of benzene rings is 2. The van der Waals surface area contributed by atoms with Gasteiger partial charge >= 0.3 is 0 Å². The second-order valence-corrected chi connectivity index (χ2v) is 7.98. The molecule has 1 fully saturated rings. The number of carbonyl (C=O) groups excluding carboxylic acids is 2. The number of ketones is 1. The molecule has 1 unspecified atom stereocenters. The van der Waals surface area contributed by atoms with Gasteiger partial charge in [-0.3, -0.25) is 14.5 Å². The third kappa shape index (κ3) is 4.17. The molecule has 1 aliphatic heterocycles. The molecule has 0 spiro atoms. The number of rotatable bonds is 7. The Balaban J connectivity index is 1.93. The summed E-state index contributed by atoms with van der Waals surface area (Å²) < 4.78 is 17.1. The quantitative estimate of drug-likeness (QED) is 0.291. The van der Waals surface area contributed by atoms with Crippen molar-refractivity contribution in [2.75, 3.05) is 18.1 Å². The molecular formula is C27H27NO6. The molecule has 34 heavy (non-hydrogen) atoms. The Morgan fingerprint density at radius 2 is 1.76 bits per heavy atom. The number of aryl methyl sites for hydroxylation is 2. The monoisotopic (exact) mass is 461 g/mol. The number of hydrogen-bond donors (Lipinski definition) is 1. The summed E-state index contributed by atoms with van der Waals surface area (Å²) in [6.45, 7) is 8.18. The zero-order valence-electron chi connectivity index (χ0n) is 19.6. The van der Waals surface area contributed by atoms with Gasteiger partial charge in [0.25, 0.3) is 11.7 Å². The number of ether oxygens (including phenoxy) is 2. The number of furan rings is 1. The van der Waals surface area contributed by atoms with E-state index in [1.54, 1.807) is 43.3 Å². The maximum atomic E-state index is 13.3. The molecule has 1 aromatic heterocycles. The number of aliphatic hydroxyl groups is 1. The van der Waals surface area contributed by atoms with E-state index in [-0.39, 0.29) is 11.3 Å². The van der Waals surface area contributed by atoms with Gasteiger partial charge in [-0.15, -0.1) is 0 Å². The normalized spacial score (nSPS) is 17.3. The van der Waals surface area contributed by atoms with Crippen molar-refractivity contribution >= 4 is 23.1 Å². The number of anilines is 1. The summed E-state index contributed by atoms with van der Waals surface area (Å²) in [5.41, 5.74) is 1.70. The average Bonchev–Trinajstić information content (AvgIpc) is 3.35. The summed E-state index contributed by atoms with van der Waals surface area (Å²) in [5.74, 6) is 0.0519. The van der Waals surface area contributed by atoms with E-state index in [0.29, 0.717) is 47.5 Å². The van der Waals surface area contributed by atoms with E-state index >= 15 is 0 Å². The second kappa shape index (κ2) is 9.47. The van der Waals surface area contributed by atoms with E-state index < -0.39 is 17.7 Å². The van der Waals surface area contributed by atoms with Gasteiger partial charge in [-0.25, -0.2) is 0 Å². The molecule has 7 nitrogen and oxygen atoms in total. The third-order valence-electron chi connectivity index (χ3n) is 5.57. The highest BCUT2D eigenvalue weighted by Gasteiger charge is 2.48. The smallest absolute Gasteiger partial charge is 0.300 e. The maximum absolute atomic E-state index is 13.3. The van der Waals surface area contributed by atoms with Crippen LogP contribution in [0, 0.1) is 13.8 Å². The Bertz CT molecular complexity index is 1270. The summed E-state index contributed by atoms with van der Waals surface area (Å²) in [4.78, 5) is 27.9. The first-order valence-corrected chi connectivity index (χ1v) is 11.2. The second-order valence-electron chi connectivity index (χ2n) is 7.98. The Labute approximate surface area is 198 Å². The van der Waals surface area contributed by atoms with Crippen molar-refractivity contribution in [3.63, 3.8) is 0 Å². The molecule has 4 rings (SSSR count). The van der Waals surface area contributed by atoms with Crippen molar-refractivity contribution in [1.29, 1.82) is 0 Å². The average molecular weight is 462 g/mol.